The van der Waals surface area contributed by atoms with E-state index in [-0.39, 0.29) is 11.1 Å². The first-order valence-electron chi connectivity index (χ1n) is 1.93. The Hall–Kier alpha value is 0.460. The molecule has 2 N–H and O–H groups in total. The van der Waals surface area contributed by atoms with Gasteiger partial charge in [0.25, 0.3) is 0 Å². The van der Waals surface area contributed by atoms with Crippen LogP contribution in [-0.4, -0.2) is 26.5 Å². The summed E-state index contributed by atoms with van der Waals surface area (Å²) < 4.78 is 0. The van der Waals surface area contributed by atoms with E-state index in [4.69, 9.17) is 33.6 Å². The maximum Gasteiger partial charge on any atom is 0.157 e. The Bertz CT molecular complexity index is 75.7. The lowest BCUT2D eigenvalue weighted by molar-refractivity contribution is -0.336. The van der Waals surface area contributed by atoms with Gasteiger partial charge in [-0.15, -0.1) is 11.6 Å². The summed E-state index contributed by atoms with van der Waals surface area (Å²) >= 11 is 10.5. The number of alkyl halides is 2. The van der Waals surface area contributed by atoms with Crippen LogP contribution in [-0.2, 0) is 0 Å². The lowest BCUT2D eigenvalue weighted by atomic mass is 10.4. The molecule has 8 heavy (non-hydrogen) atoms. The van der Waals surface area contributed by atoms with Crippen molar-refractivity contribution in [1.29, 1.82) is 0 Å². The molecule has 0 spiro atoms. The molecule has 0 saturated carbocycles. The molecule has 3 nitrogen and oxygen atoms in total. The molecule has 0 aliphatic rings. The highest BCUT2D eigenvalue weighted by Crippen LogP contribution is 2.17. The van der Waals surface area contributed by atoms with Gasteiger partial charge in [-0.2, -0.15) is 0 Å². The molecular formula is C3H7Cl2NO2. The molecule has 0 bridgehead atoms. The molecular weight excluding hydrogens is 153 g/mol. The van der Waals surface area contributed by atoms with E-state index in [1.165, 1.54) is 6.92 Å². The average molecular weight is 160 g/mol. The van der Waals surface area contributed by atoms with Gasteiger partial charge in [0.15, 0.2) is 5.00 Å². The number of rotatable bonds is 2. The van der Waals surface area contributed by atoms with Gasteiger partial charge < -0.3 is 0 Å². The van der Waals surface area contributed by atoms with Gasteiger partial charge in [-0.3, -0.25) is 10.4 Å². The van der Waals surface area contributed by atoms with Crippen molar-refractivity contribution in [2.45, 2.75) is 11.9 Å². The zero-order chi connectivity index (χ0) is 6.78. The van der Waals surface area contributed by atoms with Crippen LogP contribution in [0.15, 0.2) is 0 Å². The average Bonchev–Trinajstić information content (AvgIpc) is 1.67. The van der Waals surface area contributed by atoms with Crippen molar-refractivity contribution in [2.24, 2.45) is 0 Å². The molecule has 0 aromatic rings. The Morgan fingerprint density at radius 3 is 2.00 bits per heavy atom. The summed E-state index contributed by atoms with van der Waals surface area (Å²) in [5.41, 5.74) is 0. The third-order valence-corrected chi connectivity index (χ3v) is 1.60. The smallest absolute Gasteiger partial charge is 0.157 e. The first-order chi connectivity index (χ1) is 3.50. The molecule has 0 radical (unpaired) electrons. The van der Waals surface area contributed by atoms with Crippen LogP contribution in [0.2, 0.25) is 0 Å². The van der Waals surface area contributed by atoms with Gasteiger partial charge in [0.1, 0.15) is 0 Å². The molecule has 0 saturated heterocycles. The normalized spacial score (nSPS) is 18.8. The van der Waals surface area contributed by atoms with Crippen LogP contribution in [0.25, 0.3) is 0 Å². The molecule has 0 aliphatic carbocycles. The Balaban J connectivity index is 3.71. The quantitative estimate of drug-likeness (QED) is 0.363. The third kappa shape index (κ3) is 2.15. The summed E-state index contributed by atoms with van der Waals surface area (Å²) in [6.45, 7) is 1.38. The minimum Gasteiger partial charge on any atom is -0.288 e. The summed E-state index contributed by atoms with van der Waals surface area (Å²) in [7, 11) is 0. The van der Waals surface area contributed by atoms with E-state index >= 15 is 0 Å². The van der Waals surface area contributed by atoms with Gasteiger partial charge in [0.2, 0.25) is 0 Å². The fourth-order valence-corrected chi connectivity index (χ4v) is 0.160. The summed E-state index contributed by atoms with van der Waals surface area (Å²) in [6.07, 6.45) is 0. The molecule has 50 valence electrons. The Kier molecular flexibility index (Phi) is 3.01. The fraction of sp³-hybridized carbons (Fsp3) is 1.00. The molecule has 0 amide bonds. The highest BCUT2D eigenvalue weighted by molar-refractivity contribution is 6.30. The van der Waals surface area contributed by atoms with Crippen molar-refractivity contribution >= 4 is 23.2 Å². The largest absolute Gasteiger partial charge is 0.288 e. The number of nitrogens with zero attached hydrogens (tertiary/aromatic N) is 1. The molecule has 1 unspecified atom stereocenters. The molecule has 1 atom stereocenters. The topological polar surface area (TPSA) is 43.7 Å². The second kappa shape index (κ2) is 2.85. The maximum atomic E-state index is 8.25. The van der Waals surface area contributed by atoms with E-state index in [1.54, 1.807) is 0 Å². The van der Waals surface area contributed by atoms with Gasteiger partial charge in [-0.25, -0.2) is 0 Å². The predicted octanol–water partition coefficient (Wildman–Crippen LogP) is 1.26. The lowest BCUT2D eigenvalue weighted by Gasteiger charge is -2.21. The minimum atomic E-state index is -1.28. The van der Waals surface area contributed by atoms with E-state index in [0.29, 0.717) is 0 Å². The summed E-state index contributed by atoms with van der Waals surface area (Å²) in [4.78, 5) is -1.28. The maximum absolute atomic E-state index is 8.25. The number of hydroxylamine groups is 2. The molecule has 0 heterocycles. The van der Waals surface area contributed by atoms with Crippen molar-refractivity contribution in [3.05, 3.63) is 0 Å². The van der Waals surface area contributed by atoms with Crippen molar-refractivity contribution < 1.29 is 10.4 Å². The SMILES string of the molecule is CC(Cl)(CCl)N(O)O. The summed E-state index contributed by atoms with van der Waals surface area (Å²) in [6, 6.07) is 0. The van der Waals surface area contributed by atoms with Crippen LogP contribution in [0.3, 0.4) is 0 Å². The van der Waals surface area contributed by atoms with E-state index < -0.39 is 5.00 Å². The highest BCUT2D eigenvalue weighted by Gasteiger charge is 2.25. The van der Waals surface area contributed by atoms with Crippen LogP contribution >= 0.6 is 23.2 Å². The van der Waals surface area contributed by atoms with Crippen molar-refractivity contribution in [3.63, 3.8) is 0 Å². The van der Waals surface area contributed by atoms with Crippen LogP contribution < -0.4 is 0 Å². The minimum absolute atomic E-state index is 0.0540. The molecule has 5 heteroatoms. The zero-order valence-corrected chi connectivity index (χ0v) is 5.82. The second-order valence-electron chi connectivity index (χ2n) is 1.57. The van der Waals surface area contributed by atoms with Crippen LogP contribution in [0.4, 0.5) is 0 Å². The number of halogens is 2. The lowest BCUT2D eigenvalue weighted by Crippen LogP contribution is -2.38. The fourth-order valence-electron chi connectivity index (χ4n) is 0.0535. The second-order valence-corrected chi connectivity index (χ2v) is 2.65. The number of hydrogen-bond donors (Lipinski definition) is 2. The third-order valence-electron chi connectivity index (χ3n) is 0.661. The van der Waals surface area contributed by atoms with Crippen LogP contribution in [0.1, 0.15) is 6.92 Å². The Morgan fingerprint density at radius 1 is 1.62 bits per heavy atom. The van der Waals surface area contributed by atoms with Gasteiger partial charge in [-0.1, -0.05) is 11.6 Å². The molecule has 0 fully saturated rings. The molecule has 0 aliphatic heterocycles. The van der Waals surface area contributed by atoms with Gasteiger partial charge in [0.05, 0.1) is 5.88 Å². The van der Waals surface area contributed by atoms with E-state index in [2.05, 4.69) is 0 Å². The first-order valence-corrected chi connectivity index (χ1v) is 2.85. The molecule has 0 aromatic carbocycles. The van der Waals surface area contributed by atoms with Gasteiger partial charge >= 0.3 is 0 Å². The summed E-state index contributed by atoms with van der Waals surface area (Å²) in [5.74, 6) is -0.0540. The van der Waals surface area contributed by atoms with Crippen molar-refractivity contribution in [1.82, 2.24) is 5.23 Å². The highest BCUT2D eigenvalue weighted by atomic mass is 35.5. The van der Waals surface area contributed by atoms with E-state index in [0.717, 1.165) is 0 Å². The first kappa shape index (κ1) is 8.46. The van der Waals surface area contributed by atoms with Gasteiger partial charge in [-0.05, 0) is 12.2 Å². The Labute approximate surface area is 57.3 Å². The molecule has 0 aromatic heterocycles. The van der Waals surface area contributed by atoms with Crippen LogP contribution in [0.5, 0.6) is 0 Å². The predicted molar refractivity (Wildman–Crippen MR) is 30.4 cm³/mol. The van der Waals surface area contributed by atoms with Crippen molar-refractivity contribution in [3.8, 4) is 0 Å². The van der Waals surface area contributed by atoms with E-state index in [9.17, 15) is 0 Å². The Morgan fingerprint density at radius 2 is 2.00 bits per heavy atom. The van der Waals surface area contributed by atoms with Gasteiger partial charge in [0, 0.05) is 0 Å². The van der Waals surface area contributed by atoms with Crippen molar-refractivity contribution in [2.75, 3.05) is 5.88 Å². The molecule has 0 rings (SSSR count). The monoisotopic (exact) mass is 159 g/mol. The summed E-state index contributed by atoms with van der Waals surface area (Å²) in [5, 5.41) is 16.4. The number of hydrogen-bond acceptors (Lipinski definition) is 3. The zero-order valence-electron chi connectivity index (χ0n) is 4.30. The standard InChI is InChI=1S/C3H7Cl2NO2/c1-3(5,2-4)6(7)8/h7-8H,2H2,1H3. The van der Waals surface area contributed by atoms with Crippen LogP contribution in [0, 0.1) is 0 Å². The van der Waals surface area contributed by atoms with E-state index in [1.807, 2.05) is 0 Å².